The van der Waals surface area contributed by atoms with E-state index in [0.717, 1.165) is 0 Å². The minimum Gasteiger partial charge on any atom is -0.389 e. The minimum absolute atomic E-state index is 0.0561. The largest absolute Gasteiger partial charge is 0.769 e. The van der Waals surface area contributed by atoms with Crippen LogP contribution in [0.15, 0.2) is 0 Å². The Bertz CT molecular complexity index is 683. The molecule has 118 valence electrons. The number of imidazole rings is 1. The lowest BCUT2D eigenvalue weighted by molar-refractivity contribution is -0.986. The lowest BCUT2D eigenvalue weighted by Gasteiger charge is -2.04. The van der Waals surface area contributed by atoms with Crippen molar-refractivity contribution in [3.63, 3.8) is 0 Å². The summed E-state index contributed by atoms with van der Waals surface area (Å²) in [5.74, 6) is -7.47. The van der Waals surface area contributed by atoms with Crippen LogP contribution in [0, 0.1) is 50.6 Å². The van der Waals surface area contributed by atoms with Crippen LogP contribution in [0.1, 0.15) is 5.69 Å². The summed E-state index contributed by atoms with van der Waals surface area (Å²) in [6, 6.07) is 0. The lowest BCUT2D eigenvalue weighted by Crippen LogP contribution is -2.50. The standard InChI is InChI=1S/C5H3N7O10/c1-7-3(8(13)14)2(6-4(7)9(15)16)5(10(17)18,11(19)20)12(21)22/h1H3. The molecular formula is C5H3N7O10. The highest BCUT2D eigenvalue weighted by Gasteiger charge is 2.80. The third-order valence-corrected chi connectivity index (χ3v) is 2.46. The summed E-state index contributed by atoms with van der Waals surface area (Å²) < 4.78 is 0.0561. The van der Waals surface area contributed by atoms with E-state index in [1.165, 1.54) is 0 Å². The molecule has 0 saturated carbocycles. The molecule has 0 aliphatic rings. The summed E-state index contributed by atoms with van der Waals surface area (Å²) in [7, 11) is 0.650. The number of hydrogen-bond acceptors (Lipinski definition) is 11. The number of nitro groups is 5. The fourth-order valence-electron chi connectivity index (χ4n) is 1.54. The summed E-state index contributed by atoms with van der Waals surface area (Å²) in [6.45, 7) is 0. The Labute approximate surface area is 116 Å². The van der Waals surface area contributed by atoms with Gasteiger partial charge in [0, 0.05) is 0 Å². The number of nitrogens with zero attached hydrogens (tertiary/aromatic N) is 7. The molecule has 0 radical (unpaired) electrons. The molecule has 0 unspecified atom stereocenters. The second-order valence-corrected chi connectivity index (χ2v) is 3.56. The molecule has 0 N–H and O–H groups in total. The van der Waals surface area contributed by atoms with Gasteiger partial charge in [-0.2, -0.15) is 4.57 Å². The molecule has 0 spiro atoms. The van der Waals surface area contributed by atoms with Crippen LogP contribution >= 0.6 is 0 Å². The molecule has 22 heavy (non-hydrogen) atoms. The van der Waals surface area contributed by atoms with Crippen molar-refractivity contribution in [2.45, 2.75) is 5.79 Å². The Balaban J connectivity index is 4.00. The first kappa shape index (κ1) is 16.3. The fraction of sp³-hybridized carbons (Fsp3) is 0.400. The molecule has 1 aromatic heterocycles. The van der Waals surface area contributed by atoms with Gasteiger partial charge in [0.15, 0.2) is 14.8 Å². The number of aromatic nitrogens is 2. The van der Waals surface area contributed by atoms with Crippen molar-refractivity contribution in [3.8, 4) is 0 Å². The number of rotatable bonds is 6. The zero-order valence-corrected chi connectivity index (χ0v) is 10.2. The smallest absolute Gasteiger partial charge is 0.389 e. The van der Waals surface area contributed by atoms with Crippen molar-refractivity contribution in [1.29, 1.82) is 0 Å². The van der Waals surface area contributed by atoms with E-state index in [1.54, 1.807) is 0 Å². The summed E-state index contributed by atoms with van der Waals surface area (Å²) in [5.41, 5.74) is -1.88. The van der Waals surface area contributed by atoms with E-state index in [-0.39, 0.29) is 4.57 Å². The average Bonchev–Trinajstić information content (AvgIpc) is 2.66. The molecule has 17 heteroatoms. The van der Waals surface area contributed by atoms with E-state index in [9.17, 15) is 50.6 Å². The molecule has 1 rings (SSSR count). The summed E-state index contributed by atoms with van der Waals surface area (Å²) in [5, 5.41) is 54.0. The van der Waals surface area contributed by atoms with Crippen LogP contribution < -0.4 is 0 Å². The summed E-state index contributed by atoms with van der Waals surface area (Å²) in [4.78, 5) is 47.9. The maximum Gasteiger partial charge on any atom is 0.769 e. The van der Waals surface area contributed by atoms with Crippen LogP contribution in [0.2, 0.25) is 0 Å². The molecule has 17 nitrogen and oxygen atoms in total. The van der Waals surface area contributed by atoms with Crippen LogP contribution in [-0.2, 0) is 12.8 Å². The zero-order valence-electron chi connectivity index (χ0n) is 10.2. The van der Waals surface area contributed by atoms with Crippen LogP contribution in [0.4, 0.5) is 11.8 Å². The molecule has 0 aliphatic heterocycles. The molecule has 0 amide bonds. The monoisotopic (exact) mass is 321 g/mol. The average molecular weight is 321 g/mol. The maximum absolute atomic E-state index is 10.9. The molecule has 0 saturated heterocycles. The summed E-state index contributed by atoms with van der Waals surface area (Å²) >= 11 is 0. The fourth-order valence-corrected chi connectivity index (χ4v) is 1.54. The molecule has 1 heterocycles. The van der Waals surface area contributed by atoms with E-state index in [0.29, 0.717) is 7.05 Å². The Kier molecular flexibility index (Phi) is 3.66. The molecule has 0 atom stereocenters. The Morgan fingerprint density at radius 1 is 0.864 bits per heavy atom. The third-order valence-electron chi connectivity index (χ3n) is 2.46. The topological polar surface area (TPSA) is 234 Å². The van der Waals surface area contributed by atoms with Crippen LogP contribution in [-0.4, -0.2) is 34.2 Å². The highest BCUT2D eigenvalue weighted by molar-refractivity contribution is 5.37. The first-order chi connectivity index (χ1) is 9.99. The van der Waals surface area contributed by atoms with Crippen LogP contribution in [0.25, 0.3) is 0 Å². The van der Waals surface area contributed by atoms with Crippen molar-refractivity contribution in [2.24, 2.45) is 7.05 Å². The quantitative estimate of drug-likeness (QED) is 0.356. The number of hydrogen-bond donors (Lipinski definition) is 0. The molecule has 1 aromatic rings. The van der Waals surface area contributed by atoms with Gasteiger partial charge in [0.2, 0.25) is 0 Å². The van der Waals surface area contributed by atoms with Gasteiger partial charge in [-0.1, -0.05) is 0 Å². The van der Waals surface area contributed by atoms with Crippen LogP contribution in [0.5, 0.6) is 0 Å². The van der Waals surface area contributed by atoms with Crippen molar-refractivity contribution < 1.29 is 24.6 Å². The van der Waals surface area contributed by atoms with Crippen molar-refractivity contribution in [3.05, 3.63) is 56.3 Å². The molecule has 0 fully saturated rings. The third kappa shape index (κ3) is 1.92. The normalized spacial score (nSPS) is 11.0. The van der Waals surface area contributed by atoms with Gasteiger partial charge in [-0.15, -0.1) is 0 Å². The summed E-state index contributed by atoms with van der Waals surface area (Å²) in [6.07, 6.45) is 0. The van der Waals surface area contributed by atoms with Crippen molar-refractivity contribution >= 4 is 11.8 Å². The predicted octanol–water partition coefficient (Wildman–Crippen LogP) is -0.823. The minimum atomic E-state index is -4.45. The van der Waals surface area contributed by atoms with Gasteiger partial charge >= 0.3 is 23.2 Å². The Hall–Kier alpha value is -3.79. The molecule has 0 bridgehead atoms. The highest BCUT2D eigenvalue weighted by Crippen LogP contribution is 2.35. The van der Waals surface area contributed by atoms with E-state index in [2.05, 4.69) is 4.98 Å². The van der Waals surface area contributed by atoms with Crippen LogP contribution in [0.3, 0.4) is 0 Å². The van der Waals surface area contributed by atoms with E-state index in [4.69, 9.17) is 0 Å². The first-order valence-electron chi connectivity index (χ1n) is 4.79. The second-order valence-electron chi connectivity index (χ2n) is 3.56. The highest BCUT2D eigenvalue weighted by atomic mass is 16.7. The van der Waals surface area contributed by atoms with Gasteiger partial charge in [-0.05, 0) is 14.8 Å². The van der Waals surface area contributed by atoms with Crippen molar-refractivity contribution in [1.82, 2.24) is 9.55 Å². The SMILES string of the molecule is Cn1c([N+](=O)[O-])nc(C([N+](=O)[O-])([N+](=O)[O-])[N+](=O)[O-])c1[N+](=O)[O-]. The molecular weight excluding hydrogens is 318 g/mol. The molecule has 0 aliphatic carbocycles. The van der Waals surface area contributed by atoms with E-state index >= 15 is 0 Å². The van der Waals surface area contributed by atoms with Gasteiger partial charge in [0.1, 0.15) is 0 Å². The molecule has 0 aromatic carbocycles. The Morgan fingerprint density at radius 3 is 1.55 bits per heavy atom. The second kappa shape index (κ2) is 4.96. The lowest BCUT2D eigenvalue weighted by atomic mass is 10.2. The first-order valence-corrected chi connectivity index (χ1v) is 4.79. The van der Waals surface area contributed by atoms with Gasteiger partial charge in [0.05, 0.1) is 7.05 Å². The van der Waals surface area contributed by atoms with Gasteiger partial charge in [-0.25, -0.2) is 0 Å². The van der Waals surface area contributed by atoms with Gasteiger partial charge in [-0.3, -0.25) is 30.3 Å². The van der Waals surface area contributed by atoms with Crippen molar-refractivity contribution in [2.75, 3.05) is 0 Å². The Morgan fingerprint density at radius 2 is 1.27 bits per heavy atom. The van der Waals surface area contributed by atoms with Gasteiger partial charge in [0.25, 0.3) is 0 Å². The predicted molar refractivity (Wildman–Crippen MR) is 59.2 cm³/mol. The van der Waals surface area contributed by atoms with E-state index < -0.39 is 47.9 Å². The van der Waals surface area contributed by atoms with Gasteiger partial charge < -0.3 is 20.2 Å². The van der Waals surface area contributed by atoms with E-state index in [1.807, 2.05) is 0 Å². The maximum atomic E-state index is 10.9. The zero-order chi connectivity index (χ0) is 17.4.